The van der Waals surface area contributed by atoms with Gasteiger partial charge >= 0.3 is 0 Å². The number of carbonyl (C=O) groups is 1. The Hall–Kier alpha value is -2.82. The number of anilines is 1. The highest BCUT2D eigenvalue weighted by Gasteiger charge is 2.17. The van der Waals surface area contributed by atoms with E-state index in [-0.39, 0.29) is 23.0 Å². The molecule has 2 aromatic carbocycles. The van der Waals surface area contributed by atoms with Crippen LogP contribution in [0.15, 0.2) is 58.8 Å². The van der Waals surface area contributed by atoms with Gasteiger partial charge in [0.15, 0.2) is 0 Å². The third-order valence-corrected chi connectivity index (χ3v) is 6.50. The van der Waals surface area contributed by atoms with Crippen molar-refractivity contribution in [2.45, 2.75) is 11.5 Å². The molecule has 0 unspecified atom stereocenters. The molecular weight excluding hydrogens is 417 g/mol. The lowest BCUT2D eigenvalue weighted by Gasteiger charge is -2.11. The molecule has 0 bridgehead atoms. The maximum atomic E-state index is 12.9. The summed E-state index contributed by atoms with van der Waals surface area (Å²) in [7, 11) is -0.629. The Labute approximate surface area is 171 Å². The minimum absolute atomic E-state index is 0.134. The van der Waals surface area contributed by atoms with E-state index in [0.717, 1.165) is 4.31 Å². The van der Waals surface area contributed by atoms with Gasteiger partial charge in [-0.3, -0.25) is 4.79 Å². The molecule has 0 aliphatic rings. The van der Waals surface area contributed by atoms with Crippen LogP contribution in [0, 0.1) is 5.82 Å². The summed E-state index contributed by atoms with van der Waals surface area (Å²) in [5.74, 6) is -0.268. The van der Waals surface area contributed by atoms with Gasteiger partial charge in [0.2, 0.25) is 10.0 Å². The molecule has 0 spiro atoms. The van der Waals surface area contributed by atoms with Gasteiger partial charge in [-0.25, -0.2) is 22.1 Å². The van der Waals surface area contributed by atoms with Crippen LogP contribution in [-0.4, -0.2) is 37.7 Å². The zero-order chi connectivity index (χ0) is 21.0. The minimum Gasteiger partial charge on any atom is -0.486 e. The number of ether oxygens (including phenoxy) is 1. The number of hydrogen-bond acceptors (Lipinski definition) is 6. The number of sulfonamides is 1. The Kier molecular flexibility index (Phi) is 6.26. The number of carbonyl (C=O) groups excluding carboxylic acids is 1. The smallest absolute Gasteiger partial charge is 0.275 e. The zero-order valence-corrected chi connectivity index (χ0v) is 17.3. The summed E-state index contributed by atoms with van der Waals surface area (Å²) in [6, 6.07) is 11.5. The third-order valence-electron chi connectivity index (χ3n) is 3.85. The van der Waals surface area contributed by atoms with Crippen molar-refractivity contribution in [2.24, 2.45) is 0 Å². The van der Waals surface area contributed by atoms with Crippen molar-refractivity contribution in [3.63, 3.8) is 0 Å². The molecule has 7 nitrogen and oxygen atoms in total. The standard InChI is InChI=1S/C19H18FN3O4S2/c1-23(2)29(25,26)16-9-5-14(6-10-16)21-19(24)17-12-28-18(22-17)11-27-15-7-3-13(20)4-8-15/h3-10,12H,11H2,1-2H3,(H,21,24). The molecule has 1 aromatic heterocycles. The summed E-state index contributed by atoms with van der Waals surface area (Å²) in [4.78, 5) is 16.7. The molecule has 29 heavy (non-hydrogen) atoms. The Morgan fingerprint density at radius 3 is 2.41 bits per heavy atom. The van der Waals surface area contributed by atoms with E-state index in [1.807, 2.05) is 0 Å². The first-order valence-corrected chi connectivity index (χ1v) is 10.7. The predicted octanol–water partition coefficient (Wildman–Crippen LogP) is 3.36. The number of amides is 1. The van der Waals surface area contributed by atoms with Crippen molar-refractivity contribution in [3.8, 4) is 5.75 Å². The summed E-state index contributed by atoms with van der Waals surface area (Å²) >= 11 is 1.26. The Morgan fingerprint density at radius 2 is 1.79 bits per heavy atom. The first-order chi connectivity index (χ1) is 13.8. The quantitative estimate of drug-likeness (QED) is 0.615. The van der Waals surface area contributed by atoms with Crippen molar-refractivity contribution in [3.05, 3.63) is 70.4 Å². The topological polar surface area (TPSA) is 88.6 Å². The first-order valence-electron chi connectivity index (χ1n) is 8.42. The maximum Gasteiger partial charge on any atom is 0.275 e. The molecule has 3 aromatic rings. The highest BCUT2D eigenvalue weighted by atomic mass is 32.2. The fourth-order valence-corrected chi connectivity index (χ4v) is 3.86. The fraction of sp³-hybridized carbons (Fsp3) is 0.158. The normalized spacial score (nSPS) is 11.4. The Bertz CT molecular complexity index is 1100. The average molecular weight is 436 g/mol. The number of nitrogens with zero attached hydrogens (tertiary/aromatic N) is 2. The van der Waals surface area contributed by atoms with Crippen molar-refractivity contribution in [1.82, 2.24) is 9.29 Å². The molecule has 0 radical (unpaired) electrons. The predicted molar refractivity (Wildman–Crippen MR) is 108 cm³/mol. The maximum absolute atomic E-state index is 12.9. The lowest BCUT2D eigenvalue weighted by Crippen LogP contribution is -2.22. The first kappa shape index (κ1) is 20.9. The van der Waals surface area contributed by atoms with Crippen LogP contribution in [0.25, 0.3) is 0 Å². The van der Waals surface area contributed by atoms with Gasteiger partial charge in [-0.2, -0.15) is 0 Å². The van der Waals surface area contributed by atoms with Gasteiger partial charge in [0.1, 0.15) is 28.9 Å². The van der Waals surface area contributed by atoms with Gasteiger partial charge in [-0.1, -0.05) is 0 Å². The highest BCUT2D eigenvalue weighted by molar-refractivity contribution is 7.89. The van der Waals surface area contributed by atoms with Crippen LogP contribution < -0.4 is 10.1 Å². The van der Waals surface area contributed by atoms with E-state index in [1.165, 1.54) is 74.0 Å². The van der Waals surface area contributed by atoms with E-state index in [2.05, 4.69) is 10.3 Å². The summed E-state index contributed by atoms with van der Waals surface area (Å²) in [6.45, 7) is 0.153. The number of halogens is 1. The van der Waals surface area contributed by atoms with Crippen molar-refractivity contribution >= 4 is 33.0 Å². The highest BCUT2D eigenvalue weighted by Crippen LogP contribution is 2.19. The lowest BCUT2D eigenvalue weighted by molar-refractivity contribution is 0.102. The van der Waals surface area contributed by atoms with Crippen LogP contribution in [0.4, 0.5) is 10.1 Å². The number of benzene rings is 2. The lowest BCUT2D eigenvalue weighted by atomic mass is 10.3. The Morgan fingerprint density at radius 1 is 1.14 bits per heavy atom. The van der Waals surface area contributed by atoms with E-state index in [0.29, 0.717) is 16.4 Å². The van der Waals surface area contributed by atoms with Crippen LogP contribution >= 0.6 is 11.3 Å². The van der Waals surface area contributed by atoms with Gasteiger partial charge in [0, 0.05) is 25.2 Å². The molecule has 1 amide bonds. The van der Waals surface area contributed by atoms with E-state index in [1.54, 1.807) is 5.38 Å². The average Bonchev–Trinajstić information content (AvgIpc) is 3.17. The van der Waals surface area contributed by atoms with Crippen molar-refractivity contribution in [1.29, 1.82) is 0 Å². The SMILES string of the molecule is CN(C)S(=O)(=O)c1ccc(NC(=O)c2csc(COc3ccc(F)cc3)n2)cc1. The molecule has 3 rings (SSSR count). The molecule has 0 atom stereocenters. The summed E-state index contributed by atoms with van der Waals surface area (Å²) in [5, 5.41) is 4.86. The van der Waals surface area contributed by atoms with E-state index < -0.39 is 15.9 Å². The molecule has 0 fully saturated rings. The van der Waals surface area contributed by atoms with Gasteiger partial charge in [-0.15, -0.1) is 11.3 Å². The molecule has 1 heterocycles. The summed E-state index contributed by atoms with van der Waals surface area (Å²) in [6.07, 6.45) is 0. The number of thiazole rings is 1. The van der Waals surface area contributed by atoms with Crippen LogP contribution in [0.2, 0.25) is 0 Å². The van der Waals surface area contributed by atoms with Crippen LogP contribution in [0.3, 0.4) is 0 Å². The van der Waals surface area contributed by atoms with E-state index in [4.69, 9.17) is 4.74 Å². The number of aromatic nitrogens is 1. The molecule has 0 saturated carbocycles. The van der Waals surface area contributed by atoms with E-state index >= 15 is 0 Å². The van der Waals surface area contributed by atoms with Crippen LogP contribution in [-0.2, 0) is 16.6 Å². The molecule has 0 aliphatic heterocycles. The van der Waals surface area contributed by atoms with Gasteiger partial charge in [0.05, 0.1) is 4.90 Å². The number of nitrogens with one attached hydrogen (secondary N) is 1. The zero-order valence-electron chi connectivity index (χ0n) is 15.6. The van der Waals surface area contributed by atoms with Gasteiger partial charge in [0.25, 0.3) is 5.91 Å². The number of rotatable bonds is 7. The monoisotopic (exact) mass is 435 g/mol. The second-order valence-electron chi connectivity index (χ2n) is 6.14. The van der Waals surface area contributed by atoms with Gasteiger partial charge in [-0.05, 0) is 48.5 Å². The second-order valence-corrected chi connectivity index (χ2v) is 9.23. The molecular formula is C19H18FN3O4S2. The molecule has 1 N–H and O–H groups in total. The van der Waals surface area contributed by atoms with Crippen molar-refractivity contribution < 1.29 is 22.3 Å². The largest absolute Gasteiger partial charge is 0.486 e. The minimum atomic E-state index is -3.53. The second kappa shape index (κ2) is 8.68. The summed E-state index contributed by atoms with van der Waals surface area (Å²) < 4.78 is 43.7. The molecule has 0 saturated heterocycles. The Balaban J connectivity index is 1.60. The van der Waals surface area contributed by atoms with Gasteiger partial charge < -0.3 is 10.1 Å². The molecule has 152 valence electrons. The fourth-order valence-electron chi connectivity index (χ4n) is 2.27. The number of hydrogen-bond donors (Lipinski definition) is 1. The van der Waals surface area contributed by atoms with E-state index in [9.17, 15) is 17.6 Å². The third kappa shape index (κ3) is 5.17. The molecule has 0 aliphatic carbocycles. The van der Waals surface area contributed by atoms with Crippen LogP contribution in [0.1, 0.15) is 15.5 Å². The molecule has 10 heteroatoms. The summed E-state index contributed by atoms with van der Waals surface area (Å²) in [5.41, 5.74) is 0.669. The van der Waals surface area contributed by atoms with Crippen LogP contribution in [0.5, 0.6) is 5.75 Å². The van der Waals surface area contributed by atoms with Crippen molar-refractivity contribution in [2.75, 3.05) is 19.4 Å².